The Labute approximate surface area is 140 Å². The van der Waals surface area contributed by atoms with Crippen LogP contribution in [0.2, 0.25) is 0 Å². The van der Waals surface area contributed by atoms with Crippen molar-refractivity contribution in [1.82, 2.24) is 0 Å². The van der Waals surface area contributed by atoms with Gasteiger partial charge in [-0.2, -0.15) is 16.8 Å². The molecule has 2 N–H and O–H groups in total. The first-order valence-corrected chi connectivity index (χ1v) is 11.1. The van der Waals surface area contributed by atoms with Crippen molar-refractivity contribution in [3.05, 3.63) is 0 Å². The van der Waals surface area contributed by atoms with Crippen molar-refractivity contribution in [1.29, 1.82) is 0 Å². The zero-order chi connectivity index (χ0) is 18.1. The molecule has 0 fully saturated rings. The third-order valence-corrected chi connectivity index (χ3v) is 5.73. The van der Waals surface area contributed by atoms with E-state index >= 15 is 0 Å². The third kappa shape index (κ3) is 9.61. The quantitative estimate of drug-likeness (QED) is 0.375. The first-order valence-electron chi connectivity index (χ1n) is 8.18. The molecule has 3 atom stereocenters. The zero-order valence-electron chi connectivity index (χ0n) is 14.1. The first kappa shape index (κ1) is 22.8. The van der Waals surface area contributed by atoms with E-state index in [1.54, 1.807) is 6.92 Å². The largest absolute Gasteiger partial charge is 0.397 e. The van der Waals surface area contributed by atoms with Gasteiger partial charge in [0.05, 0.1) is 0 Å². The van der Waals surface area contributed by atoms with Crippen LogP contribution < -0.4 is 0 Å². The number of hydrogen-bond donors (Lipinski definition) is 2. The van der Waals surface area contributed by atoms with Crippen molar-refractivity contribution in [2.75, 3.05) is 0 Å². The molecule has 0 aliphatic heterocycles. The topological polar surface area (TPSA) is 118 Å². The highest BCUT2D eigenvalue weighted by Crippen LogP contribution is 2.29. The lowest BCUT2D eigenvalue weighted by molar-refractivity contribution is 0.103. The molecule has 0 bridgehead atoms. The lowest BCUT2D eigenvalue weighted by Gasteiger charge is -2.30. The van der Waals surface area contributed by atoms with E-state index in [2.05, 4.69) is 0 Å². The maximum Gasteiger partial charge on any atom is 0.397 e. The molecule has 7 nitrogen and oxygen atoms in total. The molecular formula is C14H30O7S2. The summed E-state index contributed by atoms with van der Waals surface area (Å²) < 4.78 is 69.0. The summed E-state index contributed by atoms with van der Waals surface area (Å²) in [5, 5.41) is -1.36. The molecule has 0 heterocycles. The van der Waals surface area contributed by atoms with Crippen molar-refractivity contribution >= 4 is 20.5 Å². The van der Waals surface area contributed by atoms with Gasteiger partial charge in [0.15, 0.2) is 0 Å². The van der Waals surface area contributed by atoms with Gasteiger partial charge < -0.3 is 0 Å². The van der Waals surface area contributed by atoms with Gasteiger partial charge in [-0.1, -0.05) is 59.3 Å². The van der Waals surface area contributed by atoms with Crippen LogP contribution >= 0.6 is 0 Å². The van der Waals surface area contributed by atoms with Gasteiger partial charge in [-0.15, -0.1) is 0 Å². The van der Waals surface area contributed by atoms with Crippen LogP contribution in [-0.4, -0.2) is 37.3 Å². The summed E-state index contributed by atoms with van der Waals surface area (Å²) in [6.07, 6.45) is 3.64. The van der Waals surface area contributed by atoms with Crippen molar-refractivity contribution in [2.45, 2.75) is 83.5 Å². The minimum absolute atomic E-state index is 0.0927. The summed E-state index contributed by atoms with van der Waals surface area (Å²) in [4.78, 5) is 0. The molecule has 0 aliphatic carbocycles. The summed E-state index contributed by atoms with van der Waals surface area (Å²) in [7, 11) is -9.31. The molecule has 9 heteroatoms. The average molecular weight is 375 g/mol. The van der Waals surface area contributed by atoms with Crippen molar-refractivity contribution in [3.8, 4) is 0 Å². The Morgan fingerprint density at radius 1 is 0.870 bits per heavy atom. The summed E-state index contributed by atoms with van der Waals surface area (Å²) in [5.41, 5.74) is 0. The van der Waals surface area contributed by atoms with Crippen molar-refractivity contribution < 1.29 is 30.1 Å². The van der Waals surface area contributed by atoms with Crippen molar-refractivity contribution in [3.63, 3.8) is 0 Å². The summed E-state index contributed by atoms with van der Waals surface area (Å²) in [6, 6.07) is 0. The average Bonchev–Trinajstić information content (AvgIpc) is 2.40. The van der Waals surface area contributed by atoms with Gasteiger partial charge in [0.25, 0.3) is 10.1 Å². The van der Waals surface area contributed by atoms with E-state index in [0.29, 0.717) is 19.3 Å². The normalized spacial score (nSPS) is 16.9. The number of unbranched alkanes of at least 4 members (excludes halogenated alkanes) is 3. The van der Waals surface area contributed by atoms with E-state index in [-0.39, 0.29) is 12.3 Å². The van der Waals surface area contributed by atoms with E-state index in [4.69, 9.17) is 8.74 Å². The van der Waals surface area contributed by atoms with Gasteiger partial charge >= 0.3 is 10.4 Å². The monoisotopic (exact) mass is 374 g/mol. The maximum absolute atomic E-state index is 11.7. The molecule has 0 aromatic carbocycles. The van der Waals surface area contributed by atoms with E-state index in [0.717, 1.165) is 25.7 Å². The van der Waals surface area contributed by atoms with Crippen LogP contribution in [0.1, 0.15) is 72.1 Å². The minimum atomic E-state index is -4.81. The predicted molar refractivity (Wildman–Crippen MR) is 89.2 cm³/mol. The molecule has 0 saturated carbocycles. The third-order valence-electron chi connectivity index (χ3n) is 3.99. The Morgan fingerprint density at radius 3 is 1.83 bits per heavy atom. The van der Waals surface area contributed by atoms with Crippen LogP contribution in [0.4, 0.5) is 0 Å². The van der Waals surface area contributed by atoms with E-state index < -0.39 is 31.9 Å². The predicted octanol–water partition coefficient (Wildman–Crippen LogP) is 3.23. The molecule has 140 valence electrons. The summed E-state index contributed by atoms with van der Waals surface area (Å²) in [6.45, 7) is 5.71. The maximum atomic E-state index is 11.7. The van der Waals surface area contributed by atoms with Gasteiger partial charge in [-0.3, -0.25) is 9.11 Å². The second-order valence-corrected chi connectivity index (χ2v) is 8.53. The van der Waals surface area contributed by atoms with Crippen LogP contribution in [0.15, 0.2) is 0 Å². The summed E-state index contributed by atoms with van der Waals surface area (Å²) >= 11 is 0. The fourth-order valence-corrected chi connectivity index (χ4v) is 4.45. The Hall–Kier alpha value is -0.220. The highest BCUT2D eigenvalue weighted by Gasteiger charge is 2.39. The lowest BCUT2D eigenvalue weighted by Crippen LogP contribution is -2.42. The van der Waals surface area contributed by atoms with E-state index in [9.17, 15) is 21.4 Å². The van der Waals surface area contributed by atoms with Crippen molar-refractivity contribution in [2.24, 2.45) is 5.92 Å². The molecule has 0 aromatic rings. The Kier molecular flexibility index (Phi) is 10.5. The van der Waals surface area contributed by atoms with E-state index in [1.807, 2.05) is 13.8 Å². The molecule has 0 aliphatic rings. The molecule has 0 radical (unpaired) electrons. The molecule has 0 spiro atoms. The van der Waals surface area contributed by atoms with Gasteiger partial charge in [0.1, 0.15) is 11.4 Å². The standard InChI is InChI=1S/C14H30O7S2/c1-4-7-9-11-13(22(15,16)17)14(21-23(18,19)20)12(6-3)10-8-5-2/h12-14H,4-11H2,1-3H3,(H,15,16,17)(H,18,19,20). The first-order chi connectivity index (χ1) is 10.6. The van der Waals surface area contributed by atoms with Gasteiger partial charge in [-0.05, 0) is 18.8 Å². The summed E-state index contributed by atoms with van der Waals surface area (Å²) in [5.74, 6) is -0.384. The molecular weight excluding hydrogens is 344 g/mol. The van der Waals surface area contributed by atoms with Crippen LogP contribution in [-0.2, 0) is 24.7 Å². The van der Waals surface area contributed by atoms with Gasteiger partial charge in [0.2, 0.25) is 0 Å². The molecule has 0 saturated heterocycles. The van der Waals surface area contributed by atoms with Crippen LogP contribution in [0.25, 0.3) is 0 Å². The molecule has 23 heavy (non-hydrogen) atoms. The molecule has 3 unspecified atom stereocenters. The Balaban J connectivity index is 5.52. The number of rotatable bonds is 13. The zero-order valence-corrected chi connectivity index (χ0v) is 15.8. The Bertz CT molecular complexity index is 513. The second-order valence-electron chi connectivity index (χ2n) is 5.85. The smallest absolute Gasteiger partial charge is 0.285 e. The minimum Gasteiger partial charge on any atom is -0.285 e. The van der Waals surface area contributed by atoms with Crippen LogP contribution in [0.3, 0.4) is 0 Å². The highest BCUT2D eigenvalue weighted by molar-refractivity contribution is 7.86. The number of hydrogen-bond acceptors (Lipinski definition) is 5. The van der Waals surface area contributed by atoms with Gasteiger partial charge in [-0.25, -0.2) is 4.18 Å². The second kappa shape index (κ2) is 10.6. The lowest BCUT2D eigenvalue weighted by atomic mass is 9.90. The van der Waals surface area contributed by atoms with Gasteiger partial charge in [0, 0.05) is 0 Å². The van der Waals surface area contributed by atoms with Crippen LogP contribution in [0, 0.1) is 5.92 Å². The fraction of sp³-hybridized carbons (Fsp3) is 1.00. The molecule has 0 rings (SSSR count). The van der Waals surface area contributed by atoms with Crippen LogP contribution in [0.5, 0.6) is 0 Å². The molecule has 0 aromatic heterocycles. The molecule has 0 amide bonds. The highest BCUT2D eigenvalue weighted by atomic mass is 32.3. The van der Waals surface area contributed by atoms with E-state index in [1.165, 1.54) is 0 Å². The SMILES string of the molecule is CCCCCC(C(OS(=O)(=O)O)C(CC)CCCC)S(=O)(=O)O. The fourth-order valence-electron chi connectivity index (χ4n) is 2.73. The Morgan fingerprint density at radius 2 is 1.43 bits per heavy atom.